The molecule has 0 spiro atoms. The average Bonchev–Trinajstić information content (AvgIpc) is 3.44. The lowest BCUT2D eigenvalue weighted by Gasteiger charge is -2.29. The van der Waals surface area contributed by atoms with Crippen molar-refractivity contribution in [3.8, 4) is 11.1 Å². The van der Waals surface area contributed by atoms with Gasteiger partial charge in [-0.1, -0.05) is 48.5 Å². The molecule has 0 saturated carbocycles. The lowest BCUT2D eigenvalue weighted by atomic mass is 9.98. The second-order valence-corrected chi connectivity index (χ2v) is 8.35. The van der Waals surface area contributed by atoms with Gasteiger partial charge in [0.15, 0.2) is 0 Å². The van der Waals surface area contributed by atoms with E-state index in [-0.39, 0.29) is 25.7 Å². The average molecular weight is 474 g/mol. The Bertz CT molecular complexity index is 1060. The second-order valence-electron chi connectivity index (χ2n) is 8.35. The molecule has 2 aromatic carbocycles. The van der Waals surface area contributed by atoms with E-state index in [9.17, 15) is 28.3 Å². The lowest BCUT2D eigenvalue weighted by Crippen LogP contribution is -2.54. The molecule has 180 valence electrons. The zero-order chi connectivity index (χ0) is 24.5. The molecular weight excluding hydrogens is 450 g/mol. The molecule has 2 unspecified atom stereocenters. The van der Waals surface area contributed by atoms with Gasteiger partial charge < -0.3 is 24.8 Å². The van der Waals surface area contributed by atoms with Crippen LogP contribution in [0.4, 0.5) is 13.6 Å². The van der Waals surface area contributed by atoms with E-state index in [4.69, 9.17) is 9.47 Å². The van der Waals surface area contributed by atoms with Crippen molar-refractivity contribution in [3.05, 3.63) is 59.7 Å². The summed E-state index contributed by atoms with van der Waals surface area (Å²) in [6, 6.07) is 14.4. The number of benzene rings is 2. The van der Waals surface area contributed by atoms with Gasteiger partial charge in [0.1, 0.15) is 12.5 Å². The molecule has 0 bridgehead atoms. The third-order valence-corrected chi connectivity index (χ3v) is 6.30. The van der Waals surface area contributed by atoms with Gasteiger partial charge in [0, 0.05) is 13.0 Å². The molecule has 1 saturated heterocycles. The fraction of sp³-hybridized carbons (Fsp3) is 0.375. The van der Waals surface area contributed by atoms with E-state index in [2.05, 4.69) is 0 Å². The minimum absolute atomic E-state index is 0.0566. The number of alkyl carbamates (subject to hydrolysis) is 1. The van der Waals surface area contributed by atoms with Gasteiger partial charge in [0.05, 0.1) is 25.8 Å². The number of carboxylic acid groups (broad SMARTS) is 1. The number of carboxylic acids is 1. The first kappa shape index (κ1) is 23.6. The number of rotatable bonds is 7. The summed E-state index contributed by atoms with van der Waals surface area (Å²) in [6.45, 7) is -1.66. The highest BCUT2D eigenvalue weighted by Gasteiger charge is 2.47. The molecule has 1 fully saturated rings. The molecule has 2 aromatic rings. The summed E-state index contributed by atoms with van der Waals surface area (Å²) < 4.78 is 39.2. The van der Waals surface area contributed by atoms with Crippen molar-refractivity contribution in [1.29, 1.82) is 0 Å². The summed E-state index contributed by atoms with van der Waals surface area (Å²) in [5.41, 5.74) is 4.02. The van der Waals surface area contributed by atoms with E-state index in [0.717, 1.165) is 29.3 Å². The molecule has 34 heavy (non-hydrogen) atoms. The molecular formula is C24H24F2N2O6. The molecule has 0 aromatic heterocycles. The number of amides is 2. The first-order valence-corrected chi connectivity index (χ1v) is 10.7. The van der Waals surface area contributed by atoms with Crippen LogP contribution in [0, 0.1) is 5.92 Å². The Balaban J connectivity index is 1.34. The van der Waals surface area contributed by atoms with Crippen LogP contribution in [0.15, 0.2) is 48.5 Å². The summed E-state index contributed by atoms with van der Waals surface area (Å²) in [7, 11) is 1.10. The summed E-state index contributed by atoms with van der Waals surface area (Å²) in [5, 5.41) is 11.1. The van der Waals surface area contributed by atoms with Crippen molar-refractivity contribution in [2.45, 2.75) is 17.9 Å². The Labute approximate surface area is 194 Å². The lowest BCUT2D eigenvalue weighted by molar-refractivity contribution is -0.159. The Hall–Kier alpha value is -3.53. The van der Waals surface area contributed by atoms with Crippen molar-refractivity contribution in [2.75, 3.05) is 33.4 Å². The fourth-order valence-electron chi connectivity index (χ4n) is 4.48. The van der Waals surface area contributed by atoms with Gasteiger partial charge in [-0.25, -0.2) is 4.79 Å². The van der Waals surface area contributed by atoms with Crippen LogP contribution in [0.5, 0.6) is 0 Å². The van der Waals surface area contributed by atoms with Gasteiger partial charge in [0.2, 0.25) is 0 Å². The maximum absolute atomic E-state index is 14.5. The van der Waals surface area contributed by atoms with E-state index < -0.39 is 42.4 Å². The molecule has 10 heteroatoms. The highest BCUT2D eigenvalue weighted by molar-refractivity contribution is 5.85. The maximum atomic E-state index is 14.5. The molecule has 8 nitrogen and oxygen atoms in total. The first-order chi connectivity index (χ1) is 16.2. The number of hydrogen-bond donors (Lipinski definition) is 2. The molecule has 2 N–H and O–H groups in total. The van der Waals surface area contributed by atoms with Gasteiger partial charge in [0.25, 0.3) is 5.91 Å². The summed E-state index contributed by atoms with van der Waals surface area (Å²) in [4.78, 5) is 36.4. The van der Waals surface area contributed by atoms with Gasteiger partial charge in [-0.2, -0.15) is 8.78 Å². The maximum Gasteiger partial charge on any atom is 0.407 e. The summed E-state index contributed by atoms with van der Waals surface area (Å²) in [5.74, 6) is -8.12. The predicted molar refractivity (Wildman–Crippen MR) is 117 cm³/mol. The molecule has 2 amide bonds. The van der Waals surface area contributed by atoms with Crippen LogP contribution in [0.3, 0.4) is 0 Å². The number of nitrogens with one attached hydrogen (secondary N) is 1. The van der Waals surface area contributed by atoms with Crippen LogP contribution in [0.25, 0.3) is 11.1 Å². The molecule has 2 aliphatic rings. The highest BCUT2D eigenvalue weighted by atomic mass is 19.3. The van der Waals surface area contributed by atoms with Crippen molar-refractivity contribution in [1.82, 2.24) is 10.2 Å². The van der Waals surface area contributed by atoms with Crippen molar-refractivity contribution in [2.24, 2.45) is 5.92 Å². The van der Waals surface area contributed by atoms with Crippen molar-refractivity contribution < 1.29 is 37.7 Å². The van der Waals surface area contributed by atoms with E-state index in [1.54, 1.807) is 0 Å². The van der Waals surface area contributed by atoms with E-state index in [1.165, 1.54) is 0 Å². The summed E-state index contributed by atoms with van der Waals surface area (Å²) in [6.07, 6.45) is -1.08. The van der Waals surface area contributed by atoms with E-state index in [0.29, 0.717) is 4.90 Å². The van der Waals surface area contributed by atoms with Crippen LogP contribution in [-0.2, 0) is 19.1 Å². The zero-order valence-corrected chi connectivity index (χ0v) is 18.4. The smallest absolute Gasteiger partial charge is 0.407 e. The molecule has 4 rings (SSSR count). The Morgan fingerprint density at radius 3 is 2.26 bits per heavy atom. The minimum Gasteiger partial charge on any atom is -0.481 e. The molecule has 2 atom stereocenters. The van der Waals surface area contributed by atoms with Crippen molar-refractivity contribution >= 4 is 18.0 Å². The molecule has 0 radical (unpaired) electrons. The van der Waals surface area contributed by atoms with Crippen LogP contribution < -0.4 is 5.32 Å². The molecule has 1 aliphatic heterocycles. The predicted octanol–water partition coefficient (Wildman–Crippen LogP) is 2.72. The van der Waals surface area contributed by atoms with Gasteiger partial charge >= 0.3 is 18.0 Å². The standard InChI is InChI=1S/C24H24F2N2O6/c1-28(20-12-33-10-19(20)21(29)30)22(31)24(25,26)13-27-23(32)34-11-18-16-8-4-2-6-14(16)15-7-3-5-9-17(15)18/h2-9,18-20H,10-13H2,1H3,(H,27,32)(H,29,30). The molecule has 1 aliphatic carbocycles. The number of carbonyl (C=O) groups excluding carboxylic acids is 2. The Kier molecular flexibility index (Phi) is 6.52. The highest BCUT2D eigenvalue weighted by Crippen LogP contribution is 2.44. The number of likely N-dealkylation sites (N-methyl/N-ethyl adjacent to an activating group) is 1. The minimum atomic E-state index is -3.95. The summed E-state index contributed by atoms with van der Waals surface area (Å²) >= 11 is 0. The molecule has 1 heterocycles. The number of aliphatic carboxylic acids is 1. The number of nitrogens with zero attached hydrogens (tertiary/aromatic N) is 1. The van der Waals surface area contributed by atoms with E-state index in [1.807, 2.05) is 53.8 Å². The number of hydrogen-bond acceptors (Lipinski definition) is 5. The fourth-order valence-corrected chi connectivity index (χ4v) is 4.48. The SMILES string of the molecule is CN(C(=O)C(F)(F)CNC(=O)OCC1c2ccccc2-c2ccccc21)C1COCC1C(=O)O. The van der Waals surface area contributed by atoms with Crippen molar-refractivity contribution in [3.63, 3.8) is 0 Å². The van der Waals surface area contributed by atoms with Crippen LogP contribution in [0.2, 0.25) is 0 Å². The van der Waals surface area contributed by atoms with Gasteiger partial charge in [-0.15, -0.1) is 0 Å². The van der Waals surface area contributed by atoms with E-state index >= 15 is 0 Å². The number of carbonyl (C=O) groups is 3. The number of ether oxygens (including phenoxy) is 2. The quantitative estimate of drug-likeness (QED) is 0.640. The first-order valence-electron chi connectivity index (χ1n) is 10.7. The third kappa shape index (κ3) is 4.45. The number of fused-ring (bicyclic) bond motifs is 3. The van der Waals surface area contributed by atoms with Crippen LogP contribution in [-0.4, -0.2) is 73.4 Å². The van der Waals surface area contributed by atoms with Gasteiger partial charge in [-0.05, 0) is 22.3 Å². The Morgan fingerprint density at radius 2 is 1.68 bits per heavy atom. The number of alkyl halides is 2. The van der Waals surface area contributed by atoms with Gasteiger partial charge in [-0.3, -0.25) is 9.59 Å². The topological polar surface area (TPSA) is 105 Å². The zero-order valence-electron chi connectivity index (χ0n) is 18.4. The number of halogens is 2. The monoisotopic (exact) mass is 474 g/mol. The Morgan fingerprint density at radius 1 is 1.09 bits per heavy atom. The third-order valence-electron chi connectivity index (χ3n) is 6.30. The van der Waals surface area contributed by atoms with Crippen LogP contribution in [0.1, 0.15) is 17.0 Å². The second kappa shape index (κ2) is 9.38. The normalized spacial score (nSPS) is 19.3. The van der Waals surface area contributed by atoms with Crippen LogP contribution >= 0.6 is 0 Å². The largest absolute Gasteiger partial charge is 0.481 e.